The number of hydrogen-bond donors (Lipinski definition) is 0. The van der Waals surface area contributed by atoms with Gasteiger partial charge in [-0.05, 0) is 22.3 Å². The van der Waals surface area contributed by atoms with Gasteiger partial charge in [0.25, 0.3) is 0 Å². The minimum absolute atomic E-state index is 0. The molecule has 0 aliphatic heterocycles. The molecule has 0 aromatic heterocycles. The average molecular weight is 271 g/mol. The zero-order valence-corrected chi connectivity index (χ0v) is 12.8. The molecule has 0 nitrogen and oxygen atoms in total. The maximum atomic E-state index is 2.41. The van der Waals surface area contributed by atoms with Gasteiger partial charge in [-0.2, -0.15) is 0 Å². The van der Waals surface area contributed by atoms with E-state index in [9.17, 15) is 0 Å². The summed E-state index contributed by atoms with van der Waals surface area (Å²) in [4.78, 5) is 0. The van der Waals surface area contributed by atoms with Crippen LogP contribution < -0.4 is 0 Å². The van der Waals surface area contributed by atoms with Crippen LogP contribution in [0.4, 0.5) is 0 Å². The third-order valence-corrected chi connectivity index (χ3v) is 5.19. The topological polar surface area (TPSA) is 0 Å². The summed E-state index contributed by atoms with van der Waals surface area (Å²) in [6, 6.07) is 17.8. The van der Waals surface area contributed by atoms with Crippen molar-refractivity contribution in [3.63, 3.8) is 0 Å². The third-order valence-electron chi connectivity index (χ3n) is 3.41. The molecule has 0 saturated heterocycles. The van der Waals surface area contributed by atoms with Crippen molar-refractivity contribution in [1.29, 1.82) is 0 Å². The first-order valence-electron chi connectivity index (χ1n) is 5.77. The zero-order valence-electron chi connectivity index (χ0n) is 10.2. The van der Waals surface area contributed by atoms with Crippen molar-refractivity contribution in [2.75, 3.05) is 0 Å². The van der Waals surface area contributed by atoms with Crippen molar-refractivity contribution in [3.05, 3.63) is 59.7 Å². The zero-order chi connectivity index (χ0) is 11.1. The van der Waals surface area contributed by atoms with Gasteiger partial charge in [0.1, 0.15) is 0 Å². The Morgan fingerprint density at radius 1 is 0.765 bits per heavy atom. The van der Waals surface area contributed by atoms with Gasteiger partial charge in [0.15, 0.2) is 0 Å². The van der Waals surface area contributed by atoms with Gasteiger partial charge in [-0.25, -0.2) is 0 Å². The number of benzene rings is 2. The van der Waals surface area contributed by atoms with Crippen LogP contribution in [0.5, 0.6) is 0 Å². The summed E-state index contributed by atoms with van der Waals surface area (Å²) in [5.41, 5.74) is 6.67. The summed E-state index contributed by atoms with van der Waals surface area (Å²) in [5.74, 6) is 0. The number of rotatable bonds is 1. The average Bonchev–Trinajstić information content (AvgIpc) is 2.63. The van der Waals surface area contributed by atoms with E-state index in [4.69, 9.17) is 0 Å². The standard InChI is InChI=1S/C15H15Si.Ti/c1-16(2)15-13-9-5-3-7-11(13)12-8-4-6-10-14(12)15;/h3-10,15H,1-2H3;. The Kier molecular flexibility index (Phi) is 3.72. The molecule has 0 unspecified atom stereocenters. The summed E-state index contributed by atoms with van der Waals surface area (Å²) in [6.07, 6.45) is 0. The molecule has 3 rings (SSSR count). The predicted octanol–water partition coefficient (Wildman–Crippen LogP) is 4.09. The van der Waals surface area contributed by atoms with Crippen molar-refractivity contribution in [1.82, 2.24) is 0 Å². The quantitative estimate of drug-likeness (QED) is 0.685. The molecule has 2 aromatic carbocycles. The molecular weight excluding hydrogens is 256 g/mol. The molecule has 83 valence electrons. The fourth-order valence-electron chi connectivity index (χ4n) is 2.78. The van der Waals surface area contributed by atoms with Gasteiger partial charge in [0.05, 0.1) is 8.80 Å². The molecule has 2 heteroatoms. The van der Waals surface area contributed by atoms with Gasteiger partial charge in [-0.1, -0.05) is 61.6 Å². The summed E-state index contributed by atoms with van der Waals surface area (Å²) in [5, 5.41) is 0. The molecular formula is C15H15SiTi. The molecule has 1 aliphatic carbocycles. The third kappa shape index (κ3) is 1.97. The van der Waals surface area contributed by atoms with Crippen LogP contribution in [0.2, 0.25) is 13.1 Å². The molecule has 2 aromatic rings. The monoisotopic (exact) mass is 271 g/mol. The van der Waals surface area contributed by atoms with Crippen LogP contribution in [0.3, 0.4) is 0 Å². The van der Waals surface area contributed by atoms with Crippen LogP contribution in [0.25, 0.3) is 11.1 Å². The molecule has 1 radical (unpaired) electrons. The Bertz CT molecular complexity index is 488. The van der Waals surface area contributed by atoms with Crippen LogP contribution in [0, 0.1) is 0 Å². The summed E-state index contributed by atoms with van der Waals surface area (Å²) in [7, 11) is -0.336. The molecule has 17 heavy (non-hydrogen) atoms. The van der Waals surface area contributed by atoms with Gasteiger partial charge >= 0.3 is 0 Å². The first-order chi connectivity index (χ1) is 7.79. The Balaban J connectivity index is 0.00000108. The molecule has 0 heterocycles. The summed E-state index contributed by atoms with van der Waals surface area (Å²) >= 11 is 0. The molecule has 0 saturated carbocycles. The van der Waals surface area contributed by atoms with Crippen LogP contribution in [0.15, 0.2) is 48.5 Å². The van der Waals surface area contributed by atoms with E-state index >= 15 is 0 Å². The Morgan fingerprint density at radius 2 is 1.18 bits per heavy atom. The largest absolute Gasteiger partial charge is 0.0705 e. The van der Waals surface area contributed by atoms with E-state index in [-0.39, 0.29) is 30.5 Å². The minimum atomic E-state index is -0.336. The van der Waals surface area contributed by atoms with Crippen LogP contribution in [-0.4, -0.2) is 8.80 Å². The molecule has 0 bridgehead atoms. The molecule has 0 N–H and O–H groups in total. The number of hydrogen-bond acceptors (Lipinski definition) is 0. The van der Waals surface area contributed by atoms with Gasteiger partial charge in [0.2, 0.25) is 0 Å². The van der Waals surface area contributed by atoms with E-state index in [1.165, 1.54) is 11.1 Å². The summed E-state index contributed by atoms with van der Waals surface area (Å²) in [6.45, 7) is 4.82. The SMILES string of the molecule is C[Si](C)C1c2ccccc2-c2ccccc21.[Ti]. The second-order valence-corrected chi connectivity index (χ2v) is 7.42. The minimum Gasteiger partial charge on any atom is -0.0705 e. The van der Waals surface area contributed by atoms with E-state index in [0.29, 0.717) is 5.54 Å². The Labute approximate surface area is 120 Å². The predicted molar refractivity (Wildman–Crippen MR) is 71.2 cm³/mol. The Hall–Kier alpha value is -0.629. The smallest absolute Gasteiger partial charge is 0.0556 e. The van der Waals surface area contributed by atoms with Crippen molar-refractivity contribution in [2.24, 2.45) is 0 Å². The van der Waals surface area contributed by atoms with E-state index < -0.39 is 0 Å². The van der Waals surface area contributed by atoms with E-state index in [0.717, 1.165) is 0 Å². The van der Waals surface area contributed by atoms with Crippen molar-refractivity contribution >= 4 is 8.80 Å². The van der Waals surface area contributed by atoms with Crippen molar-refractivity contribution < 1.29 is 21.7 Å². The van der Waals surface area contributed by atoms with Gasteiger partial charge < -0.3 is 0 Å². The maximum absolute atomic E-state index is 2.41. The van der Waals surface area contributed by atoms with Gasteiger partial charge in [-0.15, -0.1) is 0 Å². The molecule has 1 aliphatic rings. The molecule has 0 fully saturated rings. The van der Waals surface area contributed by atoms with Gasteiger partial charge in [0, 0.05) is 27.3 Å². The van der Waals surface area contributed by atoms with E-state index in [1.807, 2.05) is 0 Å². The van der Waals surface area contributed by atoms with Crippen molar-refractivity contribution in [2.45, 2.75) is 18.6 Å². The fourth-order valence-corrected chi connectivity index (χ4v) is 4.53. The molecule has 0 spiro atoms. The first kappa shape index (κ1) is 12.8. The molecule has 0 atom stereocenters. The van der Waals surface area contributed by atoms with Crippen LogP contribution >= 0.6 is 0 Å². The molecule has 0 amide bonds. The van der Waals surface area contributed by atoms with E-state index in [1.54, 1.807) is 11.1 Å². The second-order valence-electron chi connectivity index (χ2n) is 4.68. The Morgan fingerprint density at radius 3 is 1.59 bits per heavy atom. The second kappa shape index (κ2) is 4.93. The summed E-state index contributed by atoms with van der Waals surface area (Å²) < 4.78 is 0. The fraction of sp³-hybridized carbons (Fsp3) is 0.200. The maximum Gasteiger partial charge on any atom is 0.0556 e. The van der Waals surface area contributed by atoms with E-state index in [2.05, 4.69) is 61.6 Å². The van der Waals surface area contributed by atoms with Gasteiger partial charge in [-0.3, -0.25) is 0 Å². The first-order valence-corrected chi connectivity index (χ1v) is 8.35. The van der Waals surface area contributed by atoms with Crippen molar-refractivity contribution in [3.8, 4) is 11.1 Å². The normalized spacial score (nSPS) is 13.1. The van der Waals surface area contributed by atoms with Crippen LogP contribution in [0.1, 0.15) is 16.7 Å². The van der Waals surface area contributed by atoms with Crippen LogP contribution in [-0.2, 0) is 21.7 Å². The number of fused-ring (bicyclic) bond motifs is 3.